The van der Waals surface area contributed by atoms with Crippen LogP contribution >= 0.6 is 0 Å². The second kappa shape index (κ2) is 6.68. The maximum Gasteiger partial charge on any atom is 0.325 e. The molecule has 0 amide bonds. The van der Waals surface area contributed by atoms with Crippen LogP contribution in [0.4, 0.5) is 0 Å². The molecule has 4 nitrogen and oxygen atoms in total. The van der Waals surface area contributed by atoms with E-state index in [-0.39, 0.29) is 6.61 Å². The molecule has 1 aromatic rings. The maximum atomic E-state index is 11.3. The summed E-state index contributed by atoms with van der Waals surface area (Å²) < 4.78 is 0. The molecular formula is C15H21NO3. The third kappa shape index (κ3) is 3.55. The largest absolute Gasteiger partial charge is 0.480 e. The van der Waals surface area contributed by atoms with Gasteiger partial charge in [-0.05, 0) is 36.8 Å². The Morgan fingerprint density at radius 1 is 1.26 bits per heavy atom. The van der Waals surface area contributed by atoms with Crippen LogP contribution in [-0.2, 0) is 4.79 Å². The lowest BCUT2D eigenvalue weighted by Crippen LogP contribution is -2.34. The first-order valence-electron chi connectivity index (χ1n) is 6.84. The normalized spacial score (nSPS) is 24.3. The number of hydrogen-bond acceptors (Lipinski definition) is 3. The van der Waals surface area contributed by atoms with Crippen LogP contribution < -0.4 is 5.32 Å². The number of carbonyl (C=O) groups is 1. The molecule has 0 spiro atoms. The topological polar surface area (TPSA) is 69.6 Å². The molecule has 2 rings (SSSR count). The minimum Gasteiger partial charge on any atom is -0.480 e. The molecule has 0 aliphatic heterocycles. The van der Waals surface area contributed by atoms with Gasteiger partial charge in [0.05, 0.1) is 0 Å². The van der Waals surface area contributed by atoms with Gasteiger partial charge in [0.2, 0.25) is 0 Å². The van der Waals surface area contributed by atoms with Crippen LogP contribution in [0.25, 0.3) is 0 Å². The van der Waals surface area contributed by atoms with Gasteiger partial charge in [-0.1, -0.05) is 36.8 Å². The second-order valence-electron chi connectivity index (χ2n) is 5.22. The van der Waals surface area contributed by atoms with E-state index in [1.807, 2.05) is 30.3 Å². The Bertz CT molecular complexity index is 407. The summed E-state index contributed by atoms with van der Waals surface area (Å²) in [4.78, 5) is 11.3. The summed E-state index contributed by atoms with van der Waals surface area (Å²) in [5, 5.41) is 21.7. The zero-order chi connectivity index (χ0) is 13.7. The van der Waals surface area contributed by atoms with Gasteiger partial charge in [0.15, 0.2) is 0 Å². The van der Waals surface area contributed by atoms with E-state index in [1.54, 1.807) is 0 Å². The third-order valence-corrected chi connectivity index (χ3v) is 4.02. The van der Waals surface area contributed by atoms with Gasteiger partial charge in [-0.25, -0.2) is 0 Å². The zero-order valence-electron chi connectivity index (χ0n) is 11.0. The highest BCUT2D eigenvalue weighted by molar-refractivity contribution is 5.75. The monoisotopic (exact) mass is 263 g/mol. The number of nitrogens with one attached hydrogen (secondary N) is 1. The van der Waals surface area contributed by atoms with Crippen LogP contribution in [0.1, 0.15) is 30.9 Å². The lowest BCUT2D eigenvalue weighted by molar-refractivity contribution is -0.139. The average molecular weight is 263 g/mol. The fraction of sp³-hybridized carbons (Fsp3) is 0.533. The molecule has 0 heterocycles. The smallest absolute Gasteiger partial charge is 0.325 e. The first kappa shape index (κ1) is 14.0. The van der Waals surface area contributed by atoms with Crippen LogP contribution in [0.2, 0.25) is 0 Å². The molecule has 3 N–H and O–H groups in total. The van der Waals surface area contributed by atoms with E-state index < -0.39 is 12.0 Å². The van der Waals surface area contributed by atoms with Crippen LogP contribution in [-0.4, -0.2) is 29.3 Å². The summed E-state index contributed by atoms with van der Waals surface area (Å²) in [5.74, 6) is -0.155. The number of carboxylic acid groups (broad SMARTS) is 1. The number of aliphatic carboxylic acids is 1. The molecule has 0 aromatic heterocycles. The van der Waals surface area contributed by atoms with Crippen molar-refractivity contribution >= 4 is 5.97 Å². The number of aliphatic hydroxyl groups excluding tert-OH is 1. The maximum absolute atomic E-state index is 11.3. The molecule has 0 saturated heterocycles. The number of hydrogen-bond donors (Lipinski definition) is 3. The molecule has 1 aliphatic rings. The van der Waals surface area contributed by atoms with Crippen molar-refractivity contribution in [1.82, 2.24) is 5.32 Å². The molecule has 1 aliphatic carbocycles. The first-order valence-corrected chi connectivity index (χ1v) is 6.84. The lowest BCUT2D eigenvalue weighted by atomic mass is 9.96. The molecule has 0 bridgehead atoms. The van der Waals surface area contributed by atoms with Gasteiger partial charge in [-0.15, -0.1) is 0 Å². The predicted molar refractivity (Wildman–Crippen MR) is 72.7 cm³/mol. The summed E-state index contributed by atoms with van der Waals surface area (Å²) in [6, 6.07) is 8.55. The molecule has 1 fully saturated rings. The first-order chi connectivity index (χ1) is 9.22. The van der Waals surface area contributed by atoms with Crippen LogP contribution in [0.3, 0.4) is 0 Å². The fourth-order valence-electron chi connectivity index (χ4n) is 2.89. The van der Waals surface area contributed by atoms with E-state index in [9.17, 15) is 15.0 Å². The van der Waals surface area contributed by atoms with Gasteiger partial charge in [0.25, 0.3) is 0 Å². The SMILES string of the molecule is O=C(O)C(NCC1CCCC1CO)c1ccccc1. The van der Waals surface area contributed by atoms with Gasteiger partial charge >= 0.3 is 5.97 Å². The molecule has 0 radical (unpaired) electrons. The molecule has 1 saturated carbocycles. The molecule has 19 heavy (non-hydrogen) atoms. The Kier molecular flexibility index (Phi) is 4.93. The average Bonchev–Trinajstić information content (AvgIpc) is 2.87. The highest BCUT2D eigenvalue weighted by Gasteiger charge is 2.28. The zero-order valence-corrected chi connectivity index (χ0v) is 11.0. The fourth-order valence-corrected chi connectivity index (χ4v) is 2.89. The standard InChI is InChI=1S/C15H21NO3/c17-10-13-8-4-7-12(13)9-16-14(15(18)19)11-5-2-1-3-6-11/h1-3,5-6,12-14,16-17H,4,7-10H2,(H,18,19). The molecule has 4 heteroatoms. The van der Waals surface area contributed by atoms with Gasteiger partial charge in [0.1, 0.15) is 6.04 Å². The predicted octanol–water partition coefficient (Wildman–Crippen LogP) is 1.81. The number of carboxylic acids is 1. The van der Waals surface area contributed by atoms with E-state index in [0.29, 0.717) is 18.4 Å². The minimum atomic E-state index is -0.857. The van der Waals surface area contributed by atoms with E-state index >= 15 is 0 Å². The van der Waals surface area contributed by atoms with E-state index in [2.05, 4.69) is 5.32 Å². The van der Waals surface area contributed by atoms with Crippen LogP contribution in [0.15, 0.2) is 30.3 Å². The van der Waals surface area contributed by atoms with Gasteiger partial charge in [-0.3, -0.25) is 4.79 Å². The van der Waals surface area contributed by atoms with Crippen molar-refractivity contribution in [2.45, 2.75) is 25.3 Å². The summed E-state index contributed by atoms with van der Waals surface area (Å²) in [7, 11) is 0. The Morgan fingerprint density at radius 3 is 2.58 bits per heavy atom. The van der Waals surface area contributed by atoms with Crippen molar-refractivity contribution in [3.8, 4) is 0 Å². The lowest BCUT2D eigenvalue weighted by Gasteiger charge is -2.21. The summed E-state index contributed by atoms with van der Waals surface area (Å²) in [5.41, 5.74) is 0.772. The van der Waals surface area contributed by atoms with Crippen LogP contribution in [0.5, 0.6) is 0 Å². The third-order valence-electron chi connectivity index (χ3n) is 4.02. The van der Waals surface area contributed by atoms with Crippen molar-refractivity contribution in [3.05, 3.63) is 35.9 Å². The quantitative estimate of drug-likeness (QED) is 0.732. The molecule has 3 atom stereocenters. The minimum absolute atomic E-state index is 0.204. The number of benzene rings is 1. The van der Waals surface area contributed by atoms with Crippen molar-refractivity contribution in [1.29, 1.82) is 0 Å². The summed E-state index contributed by atoms with van der Waals surface area (Å²) >= 11 is 0. The highest BCUT2D eigenvalue weighted by atomic mass is 16.4. The Labute approximate surface area is 113 Å². The highest BCUT2D eigenvalue weighted by Crippen LogP contribution is 2.31. The van der Waals surface area contributed by atoms with E-state index in [1.165, 1.54) is 0 Å². The molecular weight excluding hydrogens is 242 g/mol. The van der Waals surface area contributed by atoms with Crippen molar-refractivity contribution in [3.63, 3.8) is 0 Å². The Morgan fingerprint density at radius 2 is 1.95 bits per heavy atom. The second-order valence-corrected chi connectivity index (χ2v) is 5.22. The number of rotatable bonds is 6. The summed E-state index contributed by atoms with van der Waals surface area (Å²) in [6.07, 6.45) is 3.24. The molecule has 3 unspecified atom stereocenters. The number of aliphatic hydroxyl groups is 1. The van der Waals surface area contributed by atoms with Gasteiger partial charge in [0, 0.05) is 6.61 Å². The van der Waals surface area contributed by atoms with Crippen molar-refractivity contribution in [2.75, 3.05) is 13.2 Å². The van der Waals surface area contributed by atoms with Crippen LogP contribution in [0, 0.1) is 11.8 Å². The van der Waals surface area contributed by atoms with E-state index in [4.69, 9.17) is 0 Å². The van der Waals surface area contributed by atoms with E-state index in [0.717, 1.165) is 24.8 Å². The van der Waals surface area contributed by atoms with Crippen molar-refractivity contribution in [2.24, 2.45) is 11.8 Å². The van der Waals surface area contributed by atoms with Crippen molar-refractivity contribution < 1.29 is 15.0 Å². The molecule has 104 valence electrons. The Hall–Kier alpha value is -1.39. The summed E-state index contributed by atoms with van der Waals surface area (Å²) in [6.45, 7) is 0.854. The van der Waals surface area contributed by atoms with Gasteiger partial charge < -0.3 is 15.5 Å². The Balaban J connectivity index is 1.96. The van der Waals surface area contributed by atoms with Gasteiger partial charge in [-0.2, -0.15) is 0 Å². The molecule has 1 aromatic carbocycles.